The third kappa shape index (κ3) is 11.1. The molecule has 0 fully saturated rings. The number of nitrogens with one attached hydrogen (secondary N) is 1. The third-order valence-electron chi connectivity index (χ3n) is 1.98. The van der Waals surface area contributed by atoms with Crippen LogP contribution in [0.3, 0.4) is 0 Å². The van der Waals surface area contributed by atoms with Crippen molar-refractivity contribution in [2.75, 3.05) is 0 Å². The summed E-state index contributed by atoms with van der Waals surface area (Å²) in [7, 11) is 0. The average Bonchev–Trinajstić information content (AvgIpc) is 2.36. The molecule has 1 rings (SSSR count). The Morgan fingerprint density at radius 1 is 1.20 bits per heavy atom. The Hall–Kier alpha value is -2.04. The van der Waals surface area contributed by atoms with Crippen molar-refractivity contribution in [2.24, 2.45) is 0 Å². The van der Waals surface area contributed by atoms with E-state index in [4.69, 9.17) is 9.84 Å². The van der Waals surface area contributed by atoms with Crippen LogP contribution in [0.5, 0.6) is 0 Å². The molecule has 0 radical (unpaired) electrons. The molecule has 0 aliphatic heterocycles. The van der Waals surface area contributed by atoms with E-state index in [9.17, 15) is 9.59 Å². The van der Waals surface area contributed by atoms with Gasteiger partial charge in [-0.3, -0.25) is 4.79 Å². The molecule has 0 heterocycles. The summed E-state index contributed by atoms with van der Waals surface area (Å²) in [6.07, 6.45) is -0.161. The fourth-order valence-electron chi connectivity index (χ4n) is 1.08. The topological polar surface area (TPSA) is 75.6 Å². The zero-order valence-electron chi connectivity index (χ0n) is 12.5. The molecule has 1 aromatic carbocycles. The Morgan fingerprint density at radius 3 is 2.10 bits per heavy atom. The minimum absolute atomic E-state index is 0.222. The monoisotopic (exact) mass is 281 g/mol. The number of rotatable bonds is 3. The first-order valence-electron chi connectivity index (χ1n) is 6.47. The third-order valence-corrected chi connectivity index (χ3v) is 1.98. The van der Waals surface area contributed by atoms with Gasteiger partial charge in [-0.05, 0) is 26.3 Å². The van der Waals surface area contributed by atoms with Gasteiger partial charge in [0.1, 0.15) is 5.60 Å². The lowest BCUT2D eigenvalue weighted by molar-refractivity contribution is -0.136. The number of carboxylic acid groups (broad SMARTS) is 1. The smallest absolute Gasteiger partial charge is 0.407 e. The average molecular weight is 281 g/mol. The summed E-state index contributed by atoms with van der Waals surface area (Å²) in [5.41, 5.74) is 0.615. The zero-order chi connectivity index (χ0) is 15.6. The Balaban J connectivity index is 0.000000621. The van der Waals surface area contributed by atoms with E-state index < -0.39 is 11.6 Å². The molecule has 0 unspecified atom stereocenters. The molecule has 0 aliphatic rings. The van der Waals surface area contributed by atoms with Crippen molar-refractivity contribution in [2.45, 2.75) is 46.3 Å². The Labute approximate surface area is 120 Å². The molecule has 0 saturated carbocycles. The summed E-state index contributed by atoms with van der Waals surface area (Å²) in [5, 5.41) is 10.4. The van der Waals surface area contributed by atoms with Crippen molar-refractivity contribution in [3.8, 4) is 0 Å². The highest BCUT2D eigenvalue weighted by Gasteiger charge is 2.15. The first-order chi connectivity index (χ1) is 9.24. The first-order valence-corrected chi connectivity index (χ1v) is 6.47. The molecular formula is C15H23NO4. The number of aliphatic carboxylic acids is 1. The van der Waals surface area contributed by atoms with Crippen LogP contribution < -0.4 is 5.32 Å². The fourth-order valence-corrected chi connectivity index (χ4v) is 1.08. The van der Waals surface area contributed by atoms with Gasteiger partial charge in [-0.15, -0.1) is 0 Å². The SMILES string of the molecule is CC(C)(C)OC(=O)NCc1ccccc1.CCC(=O)O. The summed E-state index contributed by atoms with van der Waals surface area (Å²) in [4.78, 5) is 20.7. The number of hydrogen-bond donors (Lipinski definition) is 2. The van der Waals surface area contributed by atoms with Crippen LogP contribution in [0.25, 0.3) is 0 Å². The lowest BCUT2D eigenvalue weighted by Crippen LogP contribution is -2.32. The number of carbonyl (C=O) groups is 2. The van der Waals surface area contributed by atoms with Gasteiger partial charge in [0.25, 0.3) is 0 Å². The van der Waals surface area contributed by atoms with Crippen LogP contribution in [0.15, 0.2) is 30.3 Å². The van der Waals surface area contributed by atoms with E-state index in [1.54, 1.807) is 6.92 Å². The summed E-state index contributed by atoms with van der Waals surface area (Å²) < 4.78 is 5.11. The lowest BCUT2D eigenvalue weighted by atomic mass is 10.2. The van der Waals surface area contributed by atoms with Crippen LogP contribution in [-0.4, -0.2) is 22.8 Å². The largest absolute Gasteiger partial charge is 0.481 e. The van der Waals surface area contributed by atoms with Crippen LogP contribution in [0.4, 0.5) is 4.79 Å². The maximum Gasteiger partial charge on any atom is 0.407 e. The molecule has 0 bridgehead atoms. The number of carbonyl (C=O) groups excluding carboxylic acids is 1. The number of amides is 1. The molecular weight excluding hydrogens is 258 g/mol. The molecule has 112 valence electrons. The lowest BCUT2D eigenvalue weighted by Gasteiger charge is -2.19. The van der Waals surface area contributed by atoms with Gasteiger partial charge in [0.15, 0.2) is 0 Å². The molecule has 5 nitrogen and oxygen atoms in total. The summed E-state index contributed by atoms with van der Waals surface area (Å²) in [6, 6.07) is 9.73. The summed E-state index contributed by atoms with van der Waals surface area (Å²) in [6.45, 7) is 7.62. The molecule has 1 aromatic rings. The standard InChI is InChI=1S/C12H17NO2.C3H6O2/c1-12(2,3)15-11(14)13-9-10-7-5-4-6-8-10;1-2-3(4)5/h4-8H,9H2,1-3H3,(H,13,14);2H2,1H3,(H,4,5). The Morgan fingerprint density at radius 2 is 1.70 bits per heavy atom. The zero-order valence-corrected chi connectivity index (χ0v) is 12.5. The van der Waals surface area contributed by atoms with Gasteiger partial charge in [0, 0.05) is 13.0 Å². The van der Waals surface area contributed by atoms with Crippen LogP contribution >= 0.6 is 0 Å². The van der Waals surface area contributed by atoms with E-state index in [0.717, 1.165) is 5.56 Å². The van der Waals surface area contributed by atoms with E-state index in [1.165, 1.54) is 0 Å². The number of carboxylic acids is 1. The second-order valence-corrected chi connectivity index (χ2v) is 5.09. The molecule has 0 spiro atoms. The fraction of sp³-hybridized carbons (Fsp3) is 0.467. The van der Waals surface area contributed by atoms with Crippen molar-refractivity contribution in [3.05, 3.63) is 35.9 Å². The van der Waals surface area contributed by atoms with Gasteiger partial charge >= 0.3 is 12.1 Å². The van der Waals surface area contributed by atoms with Crippen LogP contribution in [0.2, 0.25) is 0 Å². The summed E-state index contributed by atoms with van der Waals surface area (Å²) >= 11 is 0. The van der Waals surface area contributed by atoms with Gasteiger partial charge < -0.3 is 15.2 Å². The van der Waals surface area contributed by atoms with E-state index >= 15 is 0 Å². The predicted molar refractivity (Wildman–Crippen MR) is 77.4 cm³/mol. The number of alkyl carbamates (subject to hydrolysis) is 1. The van der Waals surface area contributed by atoms with Crippen LogP contribution in [-0.2, 0) is 16.1 Å². The Kier molecular flexibility index (Phi) is 8.04. The van der Waals surface area contributed by atoms with E-state index in [1.807, 2.05) is 51.1 Å². The quantitative estimate of drug-likeness (QED) is 0.892. The second kappa shape index (κ2) is 8.96. The maximum atomic E-state index is 11.3. The van der Waals surface area contributed by atoms with E-state index in [0.29, 0.717) is 6.54 Å². The van der Waals surface area contributed by atoms with Crippen LogP contribution in [0, 0.1) is 0 Å². The normalized spacial score (nSPS) is 10.0. The highest BCUT2D eigenvalue weighted by molar-refractivity contribution is 5.67. The van der Waals surface area contributed by atoms with Gasteiger partial charge in [-0.25, -0.2) is 4.79 Å². The maximum absolute atomic E-state index is 11.3. The highest BCUT2D eigenvalue weighted by Crippen LogP contribution is 2.06. The second-order valence-electron chi connectivity index (χ2n) is 5.09. The molecule has 5 heteroatoms. The van der Waals surface area contributed by atoms with Gasteiger partial charge in [-0.2, -0.15) is 0 Å². The summed E-state index contributed by atoms with van der Waals surface area (Å²) in [5.74, 6) is -0.745. The first kappa shape index (κ1) is 18.0. The number of ether oxygens (including phenoxy) is 1. The molecule has 0 saturated heterocycles. The molecule has 0 aromatic heterocycles. The predicted octanol–water partition coefficient (Wildman–Crippen LogP) is 3.19. The Bertz CT molecular complexity index is 410. The van der Waals surface area contributed by atoms with Gasteiger partial charge in [0.05, 0.1) is 0 Å². The van der Waals surface area contributed by atoms with Crippen molar-refractivity contribution in [3.63, 3.8) is 0 Å². The minimum atomic E-state index is -0.745. The van der Waals surface area contributed by atoms with Gasteiger partial charge in [-0.1, -0.05) is 37.3 Å². The molecule has 0 aliphatic carbocycles. The minimum Gasteiger partial charge on any atom is -0.481 e. The van der Waals surface area contributed by atoms with Crippen molar-refractivity contribution < 1.29 is 19.4 Å². The van der Waals surface area contributed by atoms with Crippen molar-refractivity contribution in [1.82, 2.24) is 5.32 Å². The molecule has 1 amide bonds. The van der Waals surface area contributed by atoms with Crippen molar-refractivity contribution >= 4 is 12.1 Å². The van der Waals surface area contributed by atoms with E-state index in [2.05, 4.69) is 5.32 Å². The molecule has 20 heavy (non-hydrogen) atoms. The highest BCUT2D eigenvalue weighted by atomic mass is 16.6. The number of benzene rings is 1. The van der Waals surface area contributed by atoms with Gasteiger partial charge in [0.2, 0.25) is 0 Å². The molecule has 2 N–H and O–H groups in total. The number of hydrogen-bond acceptors (Lipinski definition) is 3. The molecule has 0 atom stereocenters. The van der Waals surface area contributed by atoms with Crippen LogP contribution in [0.1, 0.15) is 39.7 Å². The van der Waals surface area contributed by atoms with E-state index in [-0.39, 0.29) is 12.5 Å². The van der Waals surface area contributed by atoms with Crippen molar-refractivity contribution in [1.29, 1.82) is 0 Å².